The fraction of sp³-hybridized carbons (Fsp3) is 0.405. The van der Waals surface area contributed by atoms with Crippen LogP contribution in [0.3, 0.4) is 0 Å². The summed E-state index contributed by atoms with van der Waals surface area (Å²) in [5, 5.41) is 120. The Hall–Kier alpha value is -10.4. The number of aromatic hydroxyl groups is 3. The normalized spacial score (nSPS) is 26.2. The maximum Gasteiger partial charge on any atom is 0.248 e. The summed E-state index contributed by atoms with van der Waals surface area (Å²) in [6.45, 7) is 7.05. The fourth-order valence-electron chi connectivity index (χ4n) is 15.1. The molecule has 0 saturated carbocycles. The van der Waals surface area contributed by atoms with Gasteiger partial charge in [0.2, 0.25) is 59.3 Å². The van der Waals surface area contributed by atoms with Crippen LogP contribution in [0.15, 0.2) is 121 Å². The van der Waals surface area contributed by atoms with E-state index in [4.69, 9.17) is 96.8 Å². The zero-order chi connectivity index (χ0) is 88.7. The van der Waals surface area contributed by atoms with Crippen molar-refractivity contribution in [2.45, 2.75) is 182 Å². The molecule has 658 valence electrons. The molecule has 2 saturated heterocycles. The molecule has 0 aliphatic carbocycles. The van der Waals surface area contributed by atoms with Crippen molar-refractivity contribution >= 4 is 93.7 Å². The second-order valence-electron chi connectivity index (χ2n) is 31.2. The summed E-state index contributed by atoms with van der Waals surface area (Å²) >= 11 is 26.8. The highest BCUT2D eigenvalue weighted by molar-refractivity contribution is 6.42. The number of primary amides is 1. The molecule has 0 radical (unpaired) electrons. The van der Waals surface area contributed by atoms with Gasteiger partial charge in [0.05, 0.1) is 44.8 Å². The molecule has 18 atom stereocenters. The third-order valence-corrected chi connectivity index (χ3v) is 23.1. The van der Waals surface area contributed by atoms with E-state index in [1.54, 1.807) is 44.2 Å². The number of amides is 8. The van der Waals surface area contributed by atoms with Crippen molar-refractivity contribution < 1.29 is 112 Å². The number of hydrogen-bond donors (Lipinski definition) is 20. The molecule has 39 heteroatoms. The topological polar surface area (TPSA) is 549 Å². The Kier molecular flexibility index (Phi) is 29.6. The van der Waals surface area contributed by atoms with E-state index in [1.807, 2.05) is 26.0 Å². The molecule has 2 fully saturated rings. The first-order chi connectivity index (χ1) is 58.5. The van der Waals surface area contributed by atoms with Crippen molar-refractivity contribution in [1.82, 2.24) is 47.9 Å². The molecule has 0 spiro atoms. The Morgan fingerprint density at radius 2 is 1.29 bits per heavy atom. The maximum atomic E-state index is 16.4. The zero-order valence-electron chi connectivity index (χ0n) is 67.0. The lowest BCUT2D eigenvalue weighted by molar-refractivity contribution is -0.331. The minimum atomic E-state index is -2.34. The van der Waals surface area contributed by atoms with Gasteiger partial charge >= 0.3 is 0 Å². The number of phenolic OH excluding ortho intramolecular Hbond substituents is 3. The van der Waals surface area contributed by atoms with Gasteiger partial charge in [0.1, 0.15) is 108 Å². The van der Waals surface area contributed by atoms with Crippen molar-refractivity contribution in [2.24, 2.45) is 23.1 Å². The highest BCUT2D eigenvalue weighted by Gasteiger charge is 2.52. The highest BCUT2D eigenvalue weighted by atomic mass is 35.5. The van der Waals surface area contributed by atoms with Crippen LogP contribution in [0.4, 0.5) is 0 Å². The molecule has 35 nitrogen and oxygen atoms in total. The summed E-state index contributed by atoms with van der Waals surface area (Å²) in [6.07, 6.45) is -17.3. The van der Waals surface area contributed by atoms with E-state index in [9.17, 15) is 55.2 Å². The minimum absolute atomic E-state index is 0.0248. The van der Waals surface area contributed by atoms with E-state index >= 15 is 24.0 Å². The molecule has 8 amide bonds. The monoisotopic (exact) mass is 1780 g/mol. The number of rotatable bonds is 23. The standard InChI is InChI=1S/C84H96Cl4N12O23/c1-36(2)22-52(92-5)76(110)99-67-69(105)41-12-18-56(50(87)25-41)119-58-27-43-28-59(73(58)123-83-74(72(108)71(107)60(33-90)121-83)122-62-32-84(4,75(109)37(3)118-62)94-34-38-8-14-45(15-9-38)117-35-39-10-16-48(85)49(86)23-39)120-57-19-13-42(26-51(57)88)70(106)68-82(116)98-66(78(112)93-21-7-6-20-89)47-29-44(101)30-55(103)63(47)46-24-40(11-17-54(46)102)64(79(113)100-68)97-80(114)65(43)96-77(111)53(31-61(91)104)95-81(67)115/h8-19,23-30,36-37,52-53,60,62,64-72,74-75,83,92,94,101-103,105-109H,6-7,20-22,31-35,89-90H2,1-5H3,(H2,91,104)(H,93,112)(H,95,115)(H,96,111)(H,97,114)(H,98,116)(H,99,110)(H,100,113)/t37?,52-,53+,60?,62?,64-,65-,66-,67-,68+,69-,70-,71?,72?,74?,75?,83?,84?/m1/s1. The van der Waals surface area contributed by atoms with Gasteiger partial charge in [-0.15, -0.1) is 0 Å². The number of likely N-dealkylation sites (N-methyl/N-ethyl adjacent to an activating group) is 1. The van der Waals surface area contributed by atoms with Crippen LogP contribution in [0.1, 0.15) is 129 Å². The van der Waals surface area contributed by atoms with Crippen LogP contribution < -0.4 is 84.0 Å². The van der Waals surface area contributed by atoms with Crippen molar-refractivity contribution in [1.29, 1.82) is 0 Å². The number of fused-ring (bicyclic) bond motifs is 15. The molecule has 7 heterocycles. The third kappa shape index (κ3) is 21.2. The molecule has 11 bridgehead atoms. The first kappa shape index (κ1) is 91.8. The van der Waals surface area contributed by atoms with Gasteiger partial charge in [-0.1, -0.05) is 96.6 Å². The Balaban J connectivity index is 1.02. The Morgan fingerprint density at radius 3 is 1.93 bits per heavy atom. The number of aliphatic hydroxyl groups is 5. The number of aliphatic hydroxyl groups excluding tert-OH is 5. The number of hydrogen-bond acceptors (Lipinski definition) is 27. The first-order valence-corrected chi connectivity index (χ1v) is 41.0. The van der Waals surface area contributed by atoms with E-state index in [2.05, 4.69) is 47.9 Å². The molecular formula is C84H96Cl4N12O23. The first-order valence-electron chi connectivity index (χ1n) is 39.5. The van der Waals surface area contributed by atoms with Crippen molar-refractivity contribution in [3.05, 3.63) is 180 Å². The average molecular weight is 1780 g/mol. The van der Waals surface area contributed by atoms with E-state index in [0.717, 1.165) is 65.7 Å². The zero-order valence-corrected chi connectivity index (χ0v) is 70.0. The van der Waals surface area contributed by atoms with Gasteiger partial charge in [-0.05, 0) is 170 Å². The number of nitrogens with two attached hydrogens (primary N) is 3. The summed E-state index contributed by atoms with van der Waals surface area (Å²) in [5.41, 5.74) is 15.9. The summed E-state index contributed by atoms with van der Waals surface area (Å²) in [7, 11) is 1.49. The van der Waals surface area contributed by atoms with Gasteiger partial charge < -0.3 is 139 Å². The van der Waals surface area contributed by atoms with E-state index in [-0.39, 0.29) is 89.3 Å². The smallest absolute Gasteiger partial charge is 0.248 e. The number of ether oxygens (including phenoxy) is 7. The number of phenols is 3. The van der Waals surface area contributed by atoms with Crippen LogP contribution in [0.25, 0.3) is 11.1 Å². The van der Waals surface area contributed by atoms with E-state index in [1.165, 1.54) is 31.3 Å². The molecule has 7 aromatic carbocycles. The van der Waals surface area contributed by atoms with Crippen LogP contribution in [-0.4, -0.2) is 194 Å². The second-order valence-corrected chi connectivity index (χ2v) is 32.8. The molecule has 14 rings (SSSR count). The summed E-state index contributed by atoms with van der Waals surface area (Å²) in [4.78, 5) is 120. The van der Waals surface area contributed by atoms with Crippen molar-refractivity contribution in [3.63, 3.8) is 0 Å². The highest BCUT2D eigenvalue weighted by Crippen LogP contribution is 2.50. The maximum absolute atomic E-state index is 16.4. The number of halogens is 4. The Labute approximate surface area is 725 Å². The number of nitrogens with one attached hydrogen (secondary N) is 9. The predicted octanol–water partition coefficient (Wildman–Crippen LogP) is 4.56. The van der Waals surface area contributed by atoms with Crippen molar-refractivity contribution in [3.8, 4) is 62.9 Å². The Bertz CT molecular complexity index is 5120. The van der Waals surface area contributed by atoms with Gasteiger partial charge in [0, 0.05) is 48.8 Å². The number of carbonyl (C=O) groups excluding carboxylic acids is 8. The van der Waals surface area contributed by atoms with Crippen LogP contribution in [-0.2, 0) is 65.7 Å². The molecule has 7 aliphatic rings. The van der Waals surface area contributed by atoms with Crippen LogP contribution in [0.2, 0.25) is 20.1 Å². The fourth-order valence-corrected chi connectivity index (χ4v) is 15.9. The van der Waals surface area contributed by atoms with Crippen molar-refractivity contribution in [2.75, 3.05) is 26.7 Å². The minimum Gasteiger partial charge on any atom is -0.508 e. The molecule has 23 N–H and O–H groups in total. The molecule has 9 unspecified atom stereocenters. The summed E-state index contributed by atoms with van der Waals surface area (Å²) in [5.74, 6) is -13.9. The third-order valence-electron chi connectivity index (χ3n) is 21.7. The lowest BCUT2D eigenvalue weighted by Gasteiger charge is -2.48. The molecule has 0 aromatic heterocycles. The van der Waals surface area contributed by atoms with Gasteiger partial charge in [-0.25, -0.2) is 0 Å². The Morgan fingerprint density at radius 1 is 0.650 bits per heavy atom. The molecular weight excluding hydrogens is 1690 g/mol. The number of benzene rings is 7. The molecule has 7 aromatic rings. The number of unbranched alkanes of at least 4 members (excludes halogenated alkanes) is 1. The van der Waals surface area contributed by atoms with Crippen LogP contribution >= 0.6 is 46.4 Å². The largest absolute Gasteiger partial charge is 0.508 e. The lowest BCUT2D eigenvalue weighted by Crippen LogP contribution is -2.65. The quantitative estimate of drug-likeness (QED) is 0.0390. The summed E-state index contributed by atoms with van der Waals surface area (Å²) < 4.78 is 46.0. The predicted molar refractivity (Wildman–Crippen MR) is 445 cm³/mol. The molecule has 123 heavy (non-hydrogen) atoms. The lowest BCUT2D eigenvalue weighted by atomic mass is 9.84. The SMILES string of the molecule is CN[C@H](CC(C)C)C(=O)N[C@H]1C(=O)N[C@@H](CC(N)=O)C(=O)N[C@H]2C(=O)N[C@H]3C(=O)N[C@H](C(=O)N[C@@H](C(=O)NCCCCN)c4cc(O)cc(O)c4-c4cc3ccc4O)[C@H](O)c3ccc(c(Cl)c3)Oc3cc2cc(c3OC2OC(CN)C(O)C(O)C2OC2CC(C)(NCc3ccc(OCc4ccc(Cl)c(Cl)c4)cc3)C(O)C(C)O2)Oc2ccc(cc2Cl)[C@H]1O. The van der Waals surface area contributed by atoms with E-state index in [0.29, 0.717) is 28.6 Å². The van der Waals surface area contributed by atoms with Crippen LogP contribution in [0.5, 0.6) is 51.7 Å². The average Bonchev–Trinajstić information content (AvgIpc) is 0.761. The summed E-state index contributed by atoms with van der Waals surface area (Å²) in [6, 6.07) is 12.9. The van der Waals surface area contributed by atoms with Gasteiger partial charge in [0.15, 0.2) is 23.9 Å². The van der Waals surface area contributed by atoms with Gasteiger partial charge in [0.25, 0.3) is 0 Å². The van der Waals surface area contributed by atoms with Crippen LogP contribution in [0, 0.1) is 5.92 Å². The number of carbonyl (C=O) groups is 8. The second kappa shape index (κ2) is 39.6. The van der Waals surface area contributed by atoms with Gasteiger partial charge in [-0.3, -0.25) is 38.4 Å². The van der Waals surface area contributed by atoms with E-state index < -0.39 is 220 Å². The molecule has 7 aliphatic heterocycles. The van der Waals surface area contributed by atoms with Gasteiger partial charge in [-0.2, -0.15) is 0 Å².